The molecule has 0 spiro atoms. The van der Waals surface area contributed by atoms with Gasteiger partial charge >= 0.3 is 6.18 Å². The van der Waals surface area contributed by atoms with Gasteiger partial charge in [0, 0.05) is 19.3 Å². The van der Waals surface area contributed by atoms with E-state index in [9.17, 15) is 13.2 Å². The maximum atomic E-state index is 13.0. The molecule has 2 aromatic heterocycles. The van der Waals surface area contributed by atoms with Crippen LogP contribution in [0, 0.1) is 0 Å². The second kappa shape index (κ2) is 8.59. The van der Waals surface area contributed by atoms with Crippen LogP contribution in [0.5, 0.6) is 0 Å². The van der Waals surface area contributed by atoms with Gasteiger partial charge in [0.2, 0.25) is 0 Å². The molecule has 2 heterocycles. The molecule has 0 bridgehead atoms. The van der Waals surface area contributed by atoms with Crippen molar-refractivity contribution in [3.8, 4) is 0 Å². The summed E-state index contributed by atoms with van der Waals surface area (Å²) in [6.07, 6.45) is 0.987. The number of rotatable bonds is 3. The fraction of sp³-hybridized carbons (Fsp3) is 0.533. The minimum Gasteiger partial charge on any atom is -0.354 e. The first-order valence-electron chi connectivity index (χ1n) is 7.96. The molecule has 0 aromatic carbocycles. The minimum absolute atomic E-state index is 0. The maximum absolute atomic E-state index is 13.0. The molecule has 3 rings (SSSR count). The first-order chi connectivity index (χ1) is 11.9. The molecular weight excluding hydrogens is 484 g/mol. The van der Waals surface area contributed by atoms with Crippen molar-refractivity contribution < 1.29 is 13.2 Å². The van der Waals surface area contributed by atoms with Gasteiger partial charge in [-0.05, 0) is 18.9 Å². The first kappa shape index (κ1) is 21.0. The van der Waals surface area contributed by atoms with Crippen LogP contribution in [0.25, 0.3) is 5.65 Å². The fourth-order valence-corrected chi connectivity index (χ4v) is 3.14. The molecule has 2 aromatic rings. The van der Waals surface area contributed by atoms with E-state index in [1.54, 1.807) is 7.05 Å². The van der Waals surface area contributed by atoms with Crippen LogP contribution in [0.15, 0.2) is 17.3 Å². The summed E-state index contributed by atoms with van der Waals surface area (Å²) in [5.74, 6) is 0.902. The molecular formula is C15H19ClF3IN6. The fourth-order valence-electron chi connectivity index (χ4n) is 2.90. The lowest BCUT2D eigenvalue weighted by Gasteiger charge is -2.16. The summed E-state index contributed by atoms with van der Waals surface area (Å²) in [4.78, 5) is 4.14. The van der Waals surface area contributed by atoms with Crippen LogP contribution in [0.3, 0.4) is 0 Å². The van der Waals surface area contributed by atoms with Crippen molar-refractivity contribution in [1.82, 2.24) is 25.2 Å². The van der Waals surface area contributed by atoms with Gasteiger partial charge in [0.15, 0.2) is 17.4 Å². The van der Waals surface area contributed by atoms with E-state index in [0.717, 1.165) is 25.1 Å². The quantitative estimate of drug-likeness (QED) is 0.382. The topological polar surface area (TPSA) is 66.6 Å². The van der Waals surface area contributed by atoms with Crippen LogP contribution in [-0.4, -0.2) is 33.6 Å². The Balaban J connectivity index is 0.00000243. The van der Waals surface area contributed by atoms with Gasteiger partial charge < -0.3 is 10.6 Å². The number of nitrogens with zero attached hydrogens (tertiary/aromatic N) is 4. The molecule has 1 fully saturated rings. The Morgan fingerprint density at radius 2 is 2.04 bits per heavy atom. The van der Waals surface area contributed by atoms with Gasteiger partial charge in [-0.1, -0.05) is 24.4 Å². The lowest BCUT2D eigenvalue weighted by Crippen LogP contribution is -2.42. The van der Waals surface area contributed by atoms with E-state index in [2.05, 4.69) is 25.8 Å². The van der Waals surface area contributed by atoms with Crippen molar-refractivity contribution >= 4 is 47.2 Å². The molecule has 0 amide bonds. The highest BCUT2D eigenvalue weighted by atomic mass is 127. The van der Waals surface area contributed by atoms with Crippen molar-refractivity contribution in [3.63, 3.8) is 0 Å². The lowest BCUT2D eigenvalue weighted by molar-refractivity contribution is -0.137. The molecule has 1 saturated carbocycles. The number of guanidine groups is 1. The Morgan fingerprint density at radius 1 is 1.35 bits per heavy atom. The smallest absolute Gasteiger partial charge is 0.354 e. The number of pyridine rings is 1. The zero-order valence-corrected chi connectivity index (χ0v) is 17.1. The van der Waals surface area contributed by atoms with Gasteiger partial charge in [-0.15, -0.1) is 34.2 Å². The van der Waals surface area contributed by atoms with Crippen LogP contribution in [-0.2, 0) is 12.7 Å². The summed E-state index contributed by atoms with van der Waals surface area (Å²) in [7, 11) is 1.64. The second-order valence-electron chi connectivity index (χ2n) is 5.94. The summed E-state index contributed by atoms with van der Waals surface area (Å²) in [5, 5.41) is 14.1. The van der Waals surface area contributed by atoms with Crippen molar-refractivity contribution in [3.05, 3.63) is 28.7 Å². The van der Waals surface area contributed by atoms with Crippen LogP contribution in [0.4, 0.5) is 13.2 Å². The van der Waals surface area contributed by atoms with Gasteiger partial charge in [-0.25, -0.2) is 0 Å². The molecule has 6 nitrogen and oxygen atoms in total. The van der Waals surface area contributed by atoms with Crippen LogP contribution in [0.2, 0.25) is 5.02 Å². The van der Waals surface area contributed by atoms with E-state index in [1.807, 2.05) is 0 Å². The third-order valence-electron chi connectivity index (χ3n) is 4.19. The standard InChI is InChI=1S/C15H18ClF3N6.HI/c1-20-14(22-10-4-2-3-5-10)21-7-12-23-24-13-11(16)6-9(8-25(12)13)15(17,18)19;/h6,8,10H,2-5,7H2,1H3,(H2,20,21,22);1H. The maximum Gasteiger partial charge on any atom is 0.417 e. The normalized spacial score (nSPS) is 16.0. The van der Waals surface area contributed by atoms with Gasteiger partial charge in [0.25, 0.3) is 0 Å². The van der Waals surface area contributed by atoms with Gasteiger partial charge in [-0.3, -0.25) is 9.39 Å². The number of nitrogens with one attached hydrogen (secondary N) is 2. The van der Waals surface area contributed by atoms with E-state index >= 15 is 0 Å². The average molecular weight is 503 g/mol. The van der Waals surface area contributed by atoms with E-state index in [4.69, 9.17) is 11.6 Å². The molecule has 1 aliphatic rings. The minimum atomic E-state index is -4.49. The molecule has 0 atom stereocenters. The average Bonchev–Trinajstić information content (AvgIpc) is 3.20. The molecule has 144 valence electrons. The number of alkyl halides is 3. The zero-order chi connectivity index (χ0) is 18.0. The Bertz CT molecular complexity index is 786. The van der Waals surface area contributed by atoms with Crippen LogP contribution in [0.1, 0.15) is 37.1 Å². The lowest BCUT2D eigenvalue weighted by atomic mass is 10.2. The molecule has 0 saturated heterocycles. The number of aromatic nitrogens is 3. The van der Waals surface area contributed by atoms with E-state index in [1.165, 1.54) is 17.2 Å². The highest BCUT2D eigenvalue weighted by molar-refractivity contribution is 14.0. The largest absolute Gasteiger partial charge is 0.417 e. The number of hydrogen-bond donors (Lipinski definition) is 2. The number of aliphatic imine (C=N–C) groups is 1. The molecule has 0 unspecified atom stereocenters. The molecule has 1 aliphatic carbocycles. The van der Waals surface area contributed by atoms with Crippen LogP contribution >= 0.6 is 35.6 Å². The Labute approximate surface area is 170 Å². The van der Waals surface area contributed by atoms with E-state index in [-0.39, 0.29) is 41.2 Å². The second-order valence-corrected chi connectivity index (χ2v) is 6.34. The van der Waals surface area contributed by atoms with Gasteiger partial charge in [-0.2, -0.15) is 13.2 Å². The number of fused-ring (bicyclic) bond motifs is 1. The van der Waals surface area contributed by atoms with Gasteiger partial charge in [0.1, 0.15) is 0 Å². The third kappa shape index (κ3) is 4.70. The molecule has 11 heteroatoms. The van der Waals surface area contributed by atoms with Gasteiger partial charge in [0.05, 0.1) is 17.1 Å². The molecule has 2 N–H and O–H groups in total. The predicted molar refractivity (Wildman–Crippen MR) is 104 cm³/mol. The van der Waals surface area contributed by atoms with E-state index < -0.39 is 11.7 Å². The Morgan fingerprint density at radius 3 is 2.65 bits per heavy atom. The highest BCUT2D eigenvalue weighted by Gasteiger charge is 2.32. The Hall–Kier alpha value is -1.30. The summed E-state index contributed by atoms with van der Waals surface area (Å²) < 4.78 is 40.2. The molecule has 0 aliphatic heterocycles. The monoisotopic (exact) mass is 502 g/mol. The molecule has 26 heavy (non-hydrogen) atoms. The third-order valence-corrected chi connectivity index (χ3v) is 4.47. The van der Waals surface area contributed by atoms with Crippen molar-refractivity contribution in [2.24, 2.45) is 4.99 Å². The number of hydrogen-bond acceptors (Lipinski definition) is 3. The summed E-state index contributed by atoms with van der Waals surface area (Å²) in [5.41, 5.74) is -0.662. The SMILES string of the molecule is CN=C(NCc1nnc2c(Cl)cc(C(F)(F)F)cn12)NC1CCCC1.I. The zero-order valence-electron chi connectivity index (χ0n) is 14.0. The predicted octanol–water partition coefficient (Wildman–Crippen LogP) is 3.63. The molecule has 0 radical (unpaired) electrons. The first-order valence-corrected chi connectivity index (χ1v) is 8.34. The van der Waals surface area contributed by atoms with Crippen molar-refractivity contribution in [2.45, 2.75) is 44.4 Å². The summed E-state index contributed by atoms with van der Waals surface area (Å²) >= 11 is 5.91. The van der Waals surface area contributed by atoms with Crippen molar-refractivity contribution in [2.75, 3.05) is 7.05 Å². The van der Waals surface area contributed by atoms with Crippen molar-refractivity contribution in [1.29, 1.82) is 0 Å². The highest BCUT2D eigenvalue weighted by Crippen LogP contribution is 2.32. The number of halogens is 5. The van der Waals surface area contributed by atoms with Crippen LogP contribution < -0.4 is 10.6 Å². The van der Waals surface area contributed by atoms with E-state index in [0.29, 0.717) is 17.8 Å². The summed E-state index contributed by atoms with van der Waals surface area (Å²) in [6.45, 7) is 0.172. The summed E-state index contributed by atoms with van der Waals surface area (Å²) in [6, 6.07) is 1.22. The Kier molecular flexibility index (Phi) is 6.94.